The van der Waals surface area contributed by atoms with Gasteiger partial charge in [-0.1, -0.05) is 29.3 Å². The first-order valence-electron chi connectivity index (χ1n) is 5.86. The van der Waals surface area contributed by atoms with Crippen LogP contribution in [-0.2, 0) is 6.42 Å². The molecule has 3 nitrogen and oxygen atoms in total. The Hall–Kier alpha value is -0.930. The van der Waals surface area contributed by atoms with Crippen LogP contribution in [0, 0.1) is 0 Å². The molecule has 1 rings (SSSR count). The molecule has 0 bridgehead atoms. The van der Waals surface area contributed by atoms with Gasteiger partial charge in [0.05, 0.1) is 0 Å². The number of hydrogen-bond donors (Lipinski definition) is 1. The summed E-state index contributed by atoms with van der Waals surface area (Å²) in [5.74, 6) is 0.886. The van der Waals surface area contributed by atoms with Crippen LogP contribution in [-0.4, -0.2) is 38.5 Å². The highest BCUT2D eigenvalue weighted by molar-refractivity contribution is 6.35. The minimum atomic E-state index is 0.676. The van der Waals surface area contributed by atoms with Crippen molar-refractivity contribution < 1.29 is 0 Å². The predicted molar refractivity (Wildman–Crippen MR) is 79.8 cm³/mol. The zero-order valence-electron chi connectivity index (χ0n) is 11.0. The van der Waals surface area contributed by atoms with Crippen LogP contribution in [0.1, 0.15) is 12.0 Å². The van der Waals surface area contributed by atoms with Crippen molar-refractivity contribution in [1.82, 2.24) is 10.2 Å². The molecule has 1 N–H and O–H groups in total. The van der Waals surface area contributed by atoms with Gasteiger partial charge in [-0.2, -0.15) is 0 Å². The summed E-state index contributed by atoms with van der Waals surface area (Å²) in [5, 5.41) is 4.69. The minimum absolute atomic E-state index is 0.676. The molecule has 0 heterocycles. The molecule has 18 heavy (non-hydrogen) atoms. The molecular formula is C13H19Cl2N3. The molecule has 0 saturated carbocycles. The second kappa shape index (κ2) is 7.49. The van der Waals surface area contributed by atoms with Crippen molar-refractivity contribution in [2.45, 2.75) is 12.8 Å². The number of aryl methyl sites for hydroxylation is 1. The highest BCUT2D eigenvalue weighted by atomic mass is 35.5. The van der Waals surface area contributed by atoms with Crippen molar-refractivity contribution >= 4 is 29.2 Å². The van der Waals surface area contributed by atoms with Gasteiger partial charge in [0.15, 0.2) is 5.96 Å². The van der Waals surface area contributed by atoms with Gasteiger partial charge in [-0.05, 0) is 30.5 Å². The molecule has 0 aromatic heterocycles. The van der Waals surface area contributed by atoms with Crippen LogP contribution >= 0.6 is 23.2 Å². The van der Waals surface area contributed by atoms with E-state index in [2.05, 4.69) is 10.3 Å². The summed E-state index contributed by atoms with van der Waals surface area (Å²) in [6, 6.07) is 5.63. The van der Waals surface area contributed by atoms with Crippen molar-refractivity contribution in [1.29, 1.82) is 0 Å². The molecule has 0 saturated heterocycles. The molecule has 0 amide bonds. The fraction of sp³-hybridized carbons (Fsp3) is 0.462. The van der Waals surface area contributed by atoms with Gasteiger partial charge in [0.2, 0.25) is 0 Å². The first-order valence-corrected chi connectivity index (χ1v) is 6.62. The van der Waals surface area contributed by atoms with E-state index in [1.165, 1.54) is 0 Å². The van der Waals surface area contributed by atoms with Crippen LogP contribution in [0.5, 0.6) is 0 Å². The smallest absolute Gasteiger partial charge is 0.193 e. The van der Waals surface area contributed by atoms with Gasteiger partial charge in [0.1, 0.15) is 0 Å². The number of aliphatic imine (C=N–C) groups is 1. The molecule has 0 aliphatic carbocycles. The van der Waals surface area contributed by atoms with E-state index in [0.717, 1.165) is 35.9 Å². The average Bonchev–Trinajstić information content (AvgIpc) is 2.31. The van der Waals surface area contributed by atoms with Crippen LogP contribution < -0.4 is 5.32 Å². The molecular weight excluding hydrogens is 269 g/mol. The van der Waals surface area contributed by atoms with Crippen LogP contribution in [0.25, 0.3) is 0 Å². The zero-order chi connectivity index (χ0) is 13.5. The highest BCUT2D eigenvalue weighted by Crippen LogP contribution is 2.21. The topological polar surface area (TPSA) is 27.6 Å². The standard InChI is InChI=1S/C13H19Cl2N3/c1-16-13(18(2)3)17-8-4-5-10-6-7-11(14)9-12(10)15/h6-7,9H,4-5,8H2,1-3H3,(H,16,17). The molecule has 5 heteroatoms. The largest absolute Gasteiger partial charge is 0.356 e. The number of nitrogens with one attached hydrogen (secondary N) is 1. The Kier molecular flexibility index (Phi) is 6.30. The SMILES string of the molecule is CN=C(NCCCc1ccc(Cl)cc1Cl)N(C)C. The fourth-order valence-electron chi connectivity index (χ4n) is 1.64. The van der Waals surface area contributed by atoms with Crippen molar-refractivity contribution in [3.05, 3.63) is 33.8 Å². The van der Waals surface area contributed by atoms with Crippen LogP contribution in [0.4, 0.5) is 0 Å². The first kappa shape index (κ1) is 15.1. The summed E-state index contributed by atoms with van der Waals surface area (Å²) in [5.41, 5.74) is 1.13. The van der Waals surface area contributed by atoms with E-state index in [1.54, 1.807) is 13.1 Å². The number of guanidine groups is 1. The molecule has 0 fully saturated rings. The summed E-state index contributed by atoms with van der Waals surface area (Å²) in [4.78, 5) is 6.10. The Balaban J connectivity index is 2.38. The second-order valence-corrected chi connectivity index (χ2v) is 5.05. The summed E-state index contributed by atoms with van der Waals surface area (Å²) in [6.45, 7) is 0.865. The second-order valence-electron chi connectivity index (χ2n) is 4.21. The first-order chi connectivity index (χ1) is 8.54. The lowest BCUT2D eigenvalue weighted by atomic mass is 10.1. The summed E-state index contributed by atoms with van der Waals surface area (Å²) < 4.78 is 0. The molecule has 1 aromatic rings. The normalized spacial score (nSPS) is 11.5. The quantitative estimate of drug-likeness (QED) is 0.524. The van der Waals surface area contributed by atoms with Gasteiger partial charge >= 0.3 is 0 Å². The summed E-state index contributed by atoms with van der Waals surface area (Å²) >= 11 is 12.0. The number of rotatable bonds is 4. The van der Waals surface area contributed by atoms with Crippen LogP contribution in [0.3, 0.4) is 0 Å². The lowest BCUT2D eigenvalue weighted by molar-refractivity contribution is 0.578. The fourth-order valence-corrected chi connectivity index (χ4v) is 2.14. The maximum absolute atomic E-state index is 6.11. The molecule has 0 aliphatic rings. The van der Waals surface area contributed by atoms with E-state index in [9.17, 15) is 0 Å². The molecule has 0 radical (unpaired) electrons. The van der Waals surface area contributed by atoms with Crippen molar-refractivity contribution in [3.63, 3.8) is 0 Å². The van der Waals surface area contributed by atoms with Gasteiger partial charge < -0.3 is 10.2 Å². The number of nitrogens with zero attached hydrogens (tertiary/aromatic N) is 2. The molecule has 0 unspecified atom stereocenters. The molecule has 1 aromatic carbocycles. The number of benzene rings is 1. The summed E-state index contributed by atoms with van der Waals surface area (Å²) in [6.07, 6.45) is 1.92. The van der Waals surface area contributed by atoms with E-state index in [1.807, 2.05) is 31.1 Å². The maximum Gasteiger partial charge on any atom is 0.193 e. The third-order valence-corrected chi connectivity index (χ3v) is 3.14. The highest BCUT2D eigenvalue weighted by Gasteiger charge is 2.02. The van der Waals surface area contributed by atoms with Crippen molar-refractivity contribution in [3.8, 4) is 0 Å². The molecule has 0 atom stereocenters. The molecule has 100 valence electrons. The van der Waals surface area contributed by atoms with Crippen LogP contribution in [0.15, 0.2) is 23.2 Å². The van der Waals surface area contributed by atoms with E-state index in [4.69, 9.17) is 23.2 Å². The van der Waals surface area contributed by atoms with Crippen molar-refractivity contribution in [2.24, 2.45) is 4.99 Å². The lowest BCUT2D eigenvalue weighted by Crippen LogP contribution is -2.36. The van der Waals surface area contributed by atoms with Gasteiger partial charge in [-0.15, -0.1) is 0 Å². The molecule has 0 spiro atoms. The van der Waals surface area contributed by atoms with Gasteiger partial charge in [0.25, 0.3) is 0 Å². The van der Waals surface area contributed by atoms with E-state index in [0.29, 0.717) is 5.02 Å². The Morgan fingerprint density at radius 1 is 1.33 bits per heavy atom. The van der Waals surface area contributed by atoms with E-state index in [-0.39, 0.29) is 0 Å². The predicted octanol–water partition coefficient (Wildman–Crippen LogP) is 3.06. The molecule has 0 aliphatic heterocycles. The minimum Gasteiger partial charge on any atom is -0.356 e. The Bertz CT molecular complexity index is 417. The number of hydrogen-bond acceptors (Lipinski definition) is 1. The zero-order valence-corrected chi connectivity index (χ0v) is 12.5. The average molecular weight is 288 g/mol. The number of halogens is 2. The lowest BCUT2D eigenvalue weighted by Gasteiger charge is -2.16. The summed E-state index contributed by atoms with van der Waals surface area (Å²) in [7, 11) is 5.70. The van der Waals surface area contributed by atoms with Crippen LogP contribution in [0.2, 0.25) is 10.0 Å². The van der Waals surface area contributed by atoms with E-state index < -0.39 is 0 Å². The Morgan fingerprint density at radius 2 is 2.06 bits per heavy atom. The van der Waals surface area contributed by atoms with Gasteiger partial charge in [-0.25, -0.2) is 0 Å². The Morgan fingerprint density at radius 3 is 2.61 bits per heavy atom. The maximum atomic E-state index is 6.11. The Labute approximate surface area is 119 Å². The van der Waals surface area contributed by atoms with Crippen molar-refractivity contribution in [2.75, 3.05) is 27.7 Å². The van der Waals surface area contributed by atoms with Gasteiger partial charge in [-0.3, -0.25) is 4.99 Å². The third kappa shape index (κ3) is 4.75. The monoisotopic (exact) mass is 287 g/mol. The third-order valence-electron chi connectivity index (χ3n) is 2.56. The van der Waals surface area contributed by atoms with E-state index >= 15 is 0 Å². The van der Waals surface area contributed by atoms with Gasteiger partial charge in [0, 0.05) is 37.7 Å².